The van der Waals surface area contributed by atoms with Crippen molar-refractivity contribution in [3.05, 3.63) is 35.9 Å². The predicted molar refractivity (Wildman–Crippen MR) is 84.5 cm³/mol. The van der Waals surface area contributed by atoms with Crippen LogP contribution in [0.1, 0.15) is 52.6 Å². The SMILES string of the molecule is CCNC(c1ccccc1)C(C)(CC)N(CC)CC. The highest BCUT2D eigenvalue weighted by Gasteiger charge is 2.37. The van der Waals surface area contributed by atoms with E-state index in [1.165, 1.54) is 5.56 Å². The minimum atomic E-state index is 0.154. The van der Waals surface area contributed by atoms with Crippen molar-refractivity contribution in [1.82, 2.24) is 10.2 Å². The lowest BCUT2D eigenvalue weighted by atomic mass is 9.82. The fraction of sp³-hybridized carbons (Fsp3) is 0.647. The van der Waals surface area contributed by atoms with E-state index in [-0.39, 0.29) is 5.54 Å². The van der Waals surface area contributed by atoms with Gasteiger partial charge in [-0.05, 0) is 38.5 Å². The van der Waals surface area contributed by atoms with E-state index in [0.29, 0.717) is 6.04 Å². The van der Waals surface area contributed by atoms with Crippen molar-refractivity contribution in [1.29, 1.82) is 0 Å². The Bertz CT molecular complexity index is 346. The average Bonchev–Trinajstić information content (AvgIpc) is 2.46. The van der Waals surface area contributed by atoms with Gasteiger partial charge in [0.05, 0.1) is 6.04 Å². The van der Waals surface area contributed by atoms with E-state index in [4.69, 9.17) is 0 Å². The second kappa shape index (κ2) is 7.66. The molecule has 0 saturated heterocycles. The third-order valence-corrected chi connectivity index (χ3v) is 4.36. The molecule has 19 heavy (non-hydrogen) atoms. The summed E-state index contributed by atoms with van der Waals surface area (Å²) in [4.78, 5) is 2.58. The standard InChI is InChI=1S/C17H30N2/c1-6-17(5,19(8-3)9-4)16(18-7-2)15-13-11-10-12-14-15/h10-14,16,18H,6-9H2,1-5H3. The summed E-state index contributed by atoms with van der Waals surface area (Å²) in [6.07, 6.45) is 1.14. The molecular formula is C17H30N2. The van der Waals surface area contributed by atoms with Gasteiger partial charge in [0.1, 0.15) is 0 Å². The van der Waals surface area contributed by atoms with Crippen molar-refractivity contribution < 1.29 is 0 Å². The first kappa shape index (κ1) is 16.2. The van der Waals surface area contributed by atoms with Crippen molar-refractivity contribution in [3.63, 3.8) is 0 Å². The Morgan fingerprint density at radius 1 is 1.05 bits per heavy atom. The number of rotatable bonds is 8. The molecule has 0 heterocycles. The molecule has 2 atom stereocenters. The Morgan fingerprint density at radius 3 is 2.05 bits per heavy atom. The Hall–Kier alpha value is -0.860. The van der Waals surface area contributed by atoms with E-state index < -0.39 is 0 Å². The number of hydrogen-bond donors (Lipinski definition) is 1. The van der Waals surface area contributed by atoms with E-state index in [1.807, 2.05) is 0 Å². The summed E-state index contributed by atoms with van der Waals surface area (Å²) >= 11 is 0. The lowest BCUT2D eigenvalue weighted by Gasteiger charge is -2.46. The fourth-order valence-corrected chi connectivity index (χ4v) is 3.10. The summed E-state index contributed by atoms with van der Waals surface area (Å²) in [5, 5.41) is 3.70. The van der Waals surface area contributed by atoms with Crippen LogP contribution in [0.15, 0.2) is 30.3 Å². The van der Waals surface area contributed by atoms with E-state index >= 15 is 0 Å². The zero-order chi connectivity index (χ0) is 14.3. The van der Waals surface area contributed by atoms with Gasteiger partial charge in [0.25, 0.3) is 0 Å². The van der Waals surface area contributed by atoms with Gasteiger partial charge in [-0.1, -0.05) is 58.0 Å². The van der Waals surface area contributed by atoms with Gasteiger partial charge in [-0.3, -0.25) is 4.90 Å². The molecule has 0 aromatic heterocycles. The van der Waals surface area contributed by atoms with Gasteiger partial charge < -0.3 is 5.32 Å². The van der Waals surface area contributed by atoms with E-state index in [1.54, 1.807) is 0 Å². The first-order valence-corrected chi connectivity index (χ1v) is 7.67. The summed E-state index contributed by atoms with van der Waals surface area (Å²) < 4.78 is 0. The van der Waals surface area contributed by atoms with Crippen LogP contribution >= 0.6 is 0 Å². The molecule has 0 fully saturated rings. The Kier molecular flexibility index (Phi) is 6.53. The van der Waals surface area contributed by atoms with Crippen molar-refractivity contribution in [3.8, 4) is 0 Å². The lowest BCUT2D eigenvalue weighted by Crippen LogP contribution is -2.54. The maximum Gasteiger partial charge on any atom is 0.0504 e. The molecule has 0 spiro atoms. The number of likely N-dealkylation sites (N-methyl/N-ethyl adjacent to an activating group) is 2. The van der Waals surface area contributed by atoms with Gasteiger partial charge in [0, 0.05) is 5.54 Å². The Labute approximate surface area is 119 Å². The van der Waals surface area contributed by atoms with Crippen molar-refractivity contribution in [2.45, 2.75) is 52.6 Å². The molecule has 2 heteroatoms. The fourth-order valence-electron chi connectivity index (χ4n) is 3.10. The molecule has 1 rings (SSSR count). The van der Waals surface area contributed by atoms with Crippen LogP contribution in [-0.2, 0) is 0 Å². The molecule has 0 radical (unpaired) electrons. The molecule has 1 N–H and O–H groups in total. The van der Waals surface area contributed by atoms with E-state index in [2.05, 4.69) is 75.2 Å². The van der Waals surface area contributed by atoms with Crippen LogP contribution in [0.3, 0.4) is 0 Å². The van der Waals surface area contributed by atoms with E-state index in [9.17, 15) is 0 Å². The second-order valence-corrected chi connectivity index (χ2v) is 5.28. The largest absolute Gasteiger partial charge is 0.309 e. The highest BCUT2D eigenvalue weighted by molar-refractivity contribution is 5.23. The molecule has 0 saturated carbocycles. The number of nitrogens with zero attached hydrogens (tertiary/aromatic N) is 1. The summed E-state index contributed by atoms with van der Waals surface area (Å²) in [5.74, 6) is 0. The van der Waals surface area contributed by atoms with Crippen LogP contribution in [0, 0.1) is 0 Å². The van der Waals surface area contributed by atoms with Crippen molar-refractivity contribution in [2.24, 2.45) is 0 Å². The third-order valence-electron chi connectivity index (χ3n) is 4.36. The van der Waals surface area contributed by atoms with Crippen LogP contribution in [0.4, 0.5) is 0 Å². The van der Waals surface area contributed by atoms with Crippen molar-refractivity contribution in [2.75, 3.05) is 19.6 Å². The van der Waals surface area contributed by atoms with Crippen LogP contribution < -0.4 is 5.32 Å². The Balaban J connectivity index is 3.14. The topological polar surface area (TPSA) is 15.3 Å². The lowest BCUT2D eigenvalue weighted by molar-refractivity contribution is 0.0704. The minimum absolute atomic E-state index is 0.154. The quantitative estimate of drug-likeness (QED) is 0.765. The van der Waals surface area contributed by atoms with Gasteiger partial charge in [-0.15, -0.1) is 0 Å². The molecule has 0 aliphatic heterocycles. The van der Waals surface area contributed by atoms with Crippen molar-refractivity contribution >= 4 is 0 Å². The molecule has 1 aromatic rings. The molecule has 2 unspecified atom stereocenters. The zero-order valence-electron chi connectivity index (χ0n) is 13.2. The third kappa shape index (κ3) is 3.58. The summed E-state index contributed by atoms with van der Waals surface area (Å²) in [6, 6.07) is 11.2. The maximum atomic E-state index is 3.70. The van der Waals surface area contributed by atoms with Crippen LogP contribution in [-0.4, -0.2) is 30.1 Å². The van der Waals surface area contributed by atoms with Crippen LogP contribution in [0.2, 0.25) is 0 Å². The number of nitrogens with one attached hydrogen (secondary N) is 1. The molecule has 0 aliphatic carbocycles. The van der Waals surface area contributed by atoms with Crippen LogP contribution in [0.5, 0.6) is 0 Å². The number of hydrogen-bond acceptors (Lipinski definition) is 2. The normalized spacial score (nSPS) is 16.3. The molecule has 0 amide bonds. The maximum absolute atomic E-state index is 3.70. The molecule has 108 valence electrons. The summed E-state index contributed by atoms with van der Waals surface area (Å²) in [7, 11) is 0. The molecule has 1 aromatic carbocycles. The van der Waals surface area contributed by atoms with Gasteiger partial charge in [-0.2, -0.15) is 0 Å². The van der Waals surface area contributed by atoms with Gasteiger partial charge >= 0.3 is 0 Å². The monoisotopic (exact) mass is 262 g/mol. The first-order valence-electron chi connectivity index (χ1n) is 7.67. The molecular weight excluding hydrogens is 232 g/mol. The van der Waals surface area contributed by atoms with Gasteiger partial charge in [0.2, 0.25) is 0 Å². The minimum Gasteiger partial charge on any atom is -0.309 e. The second-order valence-electron chi connectivity index (χ2n) is 5.28. The highest BCUT2D eigenvalue weighted by Crippen LogP contribution is 2.34. The van der Waals surface area contributed by atoms with E-state index in [0.717, 1.165) is 26.1 Å². The zero-order valence-corrected chi connectivity index (χ0v) is 13.2. The predicted octanol–water partition coefficient (Wildman–Crippen LogP) is 3.85. The summed E-state index contributed by atoms with van der Waals surface area (Å²) in [6.45, 7) is 14.6. The van der Waals surface area contributed by atoms with Gasteiger partial charge in [0.15, 0.2) is 0 Å². The molecule has 0 aliphatic rings. The average molecular weight is 262 g/mol. The Morgan fingerprint density at radius 2 is 1.63 bits per heavy atom. The van der Waals surface area contributed by atoms with Gasteiger partial charge in [-0.25, -0.2) is 0 Å². The van der Waals surface area contributed by atoms with Crippen LogP contribution in [0.25, 0.3) is 0 Å². The molecule has 0 bridgehead atoms. The first-order chi connectivity index (χ1) is 9.13. The molecule has 2 nitrogen and oxygen atoms in total. The smallest absolute Gasteiger partial charge is 0.0504 e. The summed E-state index contributed by atoms with van der Waals surface area (Å²) in [5.41, 5.74) is 1.54. The highest BCUT2D eigenvalue weighted by atomic mass is 15.2. The number of benzene rings is 1.